The van der Waals surface area contributed by atoms with Gasteiger partial charge in [-0.05, 0) is 116 Å². The number of nitrogens with one attached hydrogen (secondary N) is 2. The highest BCUT2D eigenvalue weighted by atomic mass is 19.3. The molecule has 0 unspecified atom stereocenters. The average Bonchev–Trinajstić information content (AvgIpc) is 3.72. The Labute approximate surface area is 306 Å². The number of amides is 2. The third kappa shape index (κ3) is 5.86. The van der Waals surface area contributed by atoms with Gasteiger partial charge in [0.05, 0.1) is 28.6 Å². The van der Waals surface area contributed by atoms with Crippen molar-refractivity contribution in [1.82, 2.24) is 24.8 Å². The first-order chi connectivity index (χ1) is 25.1. The van der Waals surface area contributed by atoms with E-state index in [1.54, 1.807) is 6.33 Å². The molecule has 2 aliphatic carbocycles. The number of imidazole rings is 1. The molecule has 1 saturated heterocycles. The van der Waals surface area contributed by atoms with E-state index < -0.39 is 34.9 Å². The molecule has 2 aliphatic heterocycles. The lowest BCUT2D eigenvalue weighted by atomic mass is 9.71. The molecule has 4 aromatic rings. The number of pyridine rings is 1. The Morgan fingerprint density at radius 3 is 2.36 bits per heavy atom. The summed E-state index contributed by atoms with van der Waals surface area (Å²) in [5.41, 5.74) is 1.06. The number of rotatable bonds is 9. The fourth-order valence-electron chi connectivity index (χ4n) is 8.59. The van der Waals surface area contributed by atoms with Crippen molar-refractivity contribution in [2.45, 2.75) is 115 Å². The normalized spacial score (nSPS) is 23.4. The quantitative estimate of drug-likeness (QED) is 0.169. The highest BCUT2D eigenvalue weighted by molar-refractivity contribution is 6.09. The van der Waals surface area contributed by atoms with Crippen LogP contribution in [0.1, 0.15) is 102 Å². The zero-order valence-electron chi connectivity index (χ0n) is 30.7. The summed E-state index contributed by atoms with van der Waals surface area (Å²) in [6.45, 7) is 12.3. The third-order valence-corrected chi connectivity index (χ3v) is 12.0. The zero-order valence-corrected chi connectivity index (χ0v) is 30.7. The lowest BCUT2D eigenvalue weighted by Gasteiger charge is -2.55. The predicted octanol–water partition coefficient (Wildman–Crippen LogP) is 8.26. The number of nitrogens with zero attached hydrogens (tertiary/aromatic N) is 5. The topological polar surface area (TPSA) is 95.4 Å². The standard InChI is InChI=1S/C40H45F4N7O2/c1-22(2)50-21-45-30-18-28(46-34(33(30)50)47-29-16-24(15-27(41)32(29)42)35(52)48-40(11-12-40)36(43)44)23-9-10-26-31(17-23)51(37(53)38(26,3)4)25-19-39(5,20-25)49-13-7-6-8-14-49/h9-10,15-18,21-22,25,36H,6-8,11-14,19-20H2,1-5H3,(H,46,47)(H,48,52). The van der Waals surface area contributed by atoms with Crippen LogP contribution in [0.15, 0.2) is 42.7 Å². The van der Waals surface area contributed by atoms with E-state index in [0.29, 0.717) is 28.4 Å². The van der Waals surface area contributed by atoms with Crippen molar-refractivity contribution < 1.29 is 27.2 Å². The summed E-state index contributed by atoms with van der Waals surface area (Å²) in [6.07, 6.45) is 4.53. The number of carbonyl (C=O) groups excluding carboxylic acids is 2. The lowest BCUT2D eigenvalue weighted by Crippen LogP contribution is -2.64. The van der Waals surface area contributed by atoms with Crippen LogP contribution in [0.25, 0.3) is 22.3 Å². The zero-order chi connectivity index (χ0) is 37.6. The molecule has 2 saturated carbocycles. The van der Waals surface area contributed by atoms with E-state index in [0.717, 1.165) is 43.2 Å². The van der Waals surface area contributed by atoms with Gasteiger partial charge in [0, 0.05) is 34.4 Å². The van der Waals surface area contributed by atoms with Gasteiger partial charge in [0.2, 0.25) is 5.91 Å². The van der Waals surface area contributed by atoms with E-state index in [4.69, 9.17) is 4.98 Å². The number of piperidine rings is 1. The smallest absolute Gasteiger partial charge is 0.261 e. The maximum Gasteiger partial charge on any atom is 0.261 e. The second kappa shape index (κ2) is 12.5. The van der Waals surface area contributed by atoms with Gasteiger partial charge >= 0.3 is 0 Å². The third-order valence-electron chi connectivity index (χ3n) is 12.0. The Hall–Kier alpha value is -4.52. The molecule has 9 nitrogen and oxygen atoms in total. The second-order valence-corrected chi connectivity index (χ2v) is 16.5. The van der Waals surface area contributed by atoms with Gasteiger partial charge in [-0.1, -0.05) is 18.6 Å². The van der Waals surface area contributed by atoms with Crippen molar-refractivity contribution in [2.75, 3.05) is 23.3 Å². The molecular formula is C40H45F4N7O2. The maximum atomic E-state index is 15.4. The Morgan fingerprint density at radius 2 is 1.70 bits per heavy atom. The molecular weight excluding hydrogens is 686 g/mol. The number of aromatic nitrogens is 3. The number of likely N-dealkylation sites (tertiary alicyclic amines) is 1. The number of fused-ring (bicyclic) bond motifs is 2. The molecule has 13 heteroatoms. The molecule has 2 aromatic heterocycles. The molecule has 2 aromatic carbocycles. The fourth-order valence-corrected chi connectivity index (χ4v) is 8.59. The first-order valence-electron chi connectivity index (χ1n) is 18.6. The van der Waals surface area contributed by atoms with Crippen LogP contribution in [-0.4, -0.2) is 67.9 Å². The van der Waals surface area contributed by atoms with E-state index in [9.17, 15) is 18.4 Å². The van der Waals surface area contributed by atoms with Crippen LogP contribution < -0.4 is 15.5 Å². The maximum absolute atomic E-state index is 15.4. The summed E-state index contributed by atoms with van der Waals surface area (Å²) in [4.78, 5) is 41.1. The van der Waals surface area contributed by atoms with Gasteiger partial charge in [0.15, 0.2) is 17.5 Å². The Kier molecular flexibility index (Phi) is 8.39. The van der Waals surface area contributed by atoms with Gasteiger partial charge in [-0.2, -0.15) is 0 Å². The molecule has 2 amide bonds. The summed E-state index contributed by atoms with van der Waals surface area (Å²) in [7, 11) is 0. The van der Waals surface area contributed by atoms with Crippen LogP contribution in [0.5, 0.6) is 0 Å². The number of carbonyl (C=O) groups is 2. The molecule has 0 bridgehead atoms. The van der Waals surface area contributed by atoms with Crippen LogP contribution >= 0.6 is 0 Å². The van der Waals surface area contributed by atoms with Crippen LogP contribution in [0.4, 0.5) is 34.8 Å². The van der Waals surface area contributed by atoms with Gasteiger partial charge in [-0.15, -0.1) is 0 Å². The largest absolute Gasteiger partial charge is 0.341 e. The molecule has 8 rings (SSSR count). The number of benzene rings is 2. The fraction of sp³-hybridized carbons (Fsp3) is 0.500. The highest BCUT2D eigenvalue weighted by Crippen LogP contribution is 2.51. The molecule has 4 heterocycles. The molecule has 0 atom stereocenters. The molecule has 0 radical (unpaired) electrons. The summed E-state index contributed by atoms with van der Waals surface area (Å²) < 4.78 is 59.4. The van der Waals surface area contributed by atoms with Crippen LogP contribution in [0.2, 0.25) is 0 Å². The van der Waals surface area contributed by atoms with Crippen molar-refractivity contribution >= 4 is 40.0 Å². The van der Waals surface area contributed by atoms with E-state index in [2.05, 4.69) is 27.4 Å². The van der Waals surface area contributed by atoms with Crippen LogP contribution in [0, 0.1) is 11.6 Å². The molecule has 2 N–H and O–H groups in total. The average molecular weight is 732 g/mol. The van der Waals surface area contributed by atoms with Crippen molar-refractivity contribution in [3.8, 4) is 11.3 Å². The van der Waals surface area contributed by atoms with E-state index in [-0.39, 0.29) is 53.4 Å². The van der Waals surface area contributed by atoms with Gasteiger partial charge in [-0.3, -0.25) is 14.5 Å². The number of halogens is 4. The molecule has 53 heavy (non-hydrogen) atoms. The van der Waals surface area contributed by atoms with E-state index >= 15 is 8.78 Å². The number of anilines is 3. The summed E-state index contributed by atoms with van der Waals surface area (Å²) >= 11 is 0. The monoisotopic (exact) mass is 731 g/mol. The van der Waals surface area contributed by atoms with Gasteiger partial charge in [0.25, 0.3) is 12.3 Å². The van der Waals surface area contributed by atoms with Crippen LogP contribution in [-0.2, 0) is 10.2 Å². The molecule has 3 fully saturated rings. The minimum absolute atomic E-state index is 0.0627. The SMILES string of the molecule is CC(C)n1cnc2cc(-c3ccc4c(c3)N(C3CC(C)(N5CCCCC5)C3)C(=O)C4(C)C)nc(Nc3cc(C(=O)NC4(C(F)F)CC4)cc(F)c3F)c21. The van der Waals surface area contributed by atoms with Gasteiger partial charge in [0.1, 0.15) is 11.1 Å². The lowest BCUT2D eigenvalue weighted by molar-refractivity contribution is -0.123. The second-order valence-electron chi connectivity index (χ2n) is 16.5. The van der Waals surface area contributed by atoms with Crippen molar-refractivity contribution in [1.29, 1.82) is 0 Å². The Morgan fingerprint density at radius 1 is 0.981 bits per heavy atom. The first-order valence-corrected chi connectivity index (χ1v) is 18.6. The predicted molar refractivity (Wildman–Crippen MR) is 196 cm³/mol. The molecule has 280 valence electrons. The highest BCUT2D eigenvalue weighted by Gasteiger charge is 2.54. The molecule has 4 aliphatic rings. The number of hydrogen-bond donors (Lipinski definition) is 2. The number of alkyl halides is 2. The minimum atomic E-state index is -2.78. The first kappa shape index (κ1) is 35.5. The van der Waals surface area contributed by atoms with Crippen molar-refractivity contribution in [2.24, 2.45) is 0 Å². The summed E-state index contributed by atoms with van der Waals surface area (Å²) in [6, 6.07) is 9.49. The van der Waals surface area contributed by atoms with Crippen molar-refractivity contribution in [3.05, 3.63) is 65.5 Å². The number of hydrogen-bond acceptors (Lipinski definition) is 6. The molecule has 0 spiro atoms. The van der Waals surface area contributed by atoms with Gasteiger partial charge in [-0.25, -0.2) is 27.5 Å². The van der Waals surface area contributed by atoms with Crippen LogP contribution in [0.3, 0.4) is 0 Å². The Balaban J connectivity index is 1.16. The summed E-state index contributed by atoms with van der Waals surface area (Å²) in [5, 5.41) is 5.22. The Bertz CT molecular complexity index is 2130. The summed E-state index contributed by atoms with van der Waals surface area (Å²) in [5.74, 6) is -3.26. The van der Waals surface area contributed by atoms with Gasteiger partial charge < -0.3 is 20.1 Å². The van der Waals surface area contributed by atoms with E-state index in [1.165, 1.54) is 19.3 Å². The van der Waals surface area contributed by atoms with E-state index in [1.807, 2.05) is 61.4 Å². The van der Waals surface area contributed by atoms with Crippen molar-refractivity contribution in [3.63, 3.8) is 0 Å². The minimum Gasteiger partial charge on any atom is -0.341 e.